The van der Waals surface area contributed by atoms with Crippen molar-refractivity contribution in [1.29, 1.82) is 0 Å². The van der Waals surface area contributed by atoms with Gasteiger partial charge in [0, 0.05) is 13.1 Å². The summed E-state index contributed by atoms with van der Waals surface area (Å²) < 4.78 is 4.49. The van der Waals surface area contributed by atoms with Crippen LogP contribution in [0.4, 0.5) is 5.82 Å². The zero-order chi connectivity index (χ0) is 12.4. The largest absolute Gasteiger partial charge is 0.481 e. The van der Waals surface area contributed by atoms with Crippen molar-refractivity contribution in [2.24, 2.45) is 5.92 Å². The molecule has 0 atom stereocenters. The molecule has 1 aliphatic heterocycles. The maximum Gasteiger partial charge on any atom is 0.358 e. The van der Waals surface area contributed by atoms with Gasteiger partial charge in [-0.1, -0.05) is 0 Å². The Hall–Kier alpha value is -2.18. The lowest BCUT2D eigenvalue weighted by atomic mass is 10.0. The first-order valence-corrected chi connectivity index (χ1v) is 5.01. The Balaban J connectivity index is 2.00. The summed E-state index contributed by atoms with van der Waals surface area (Å²) >= 11 is 0. The van der Waals surface area contributed by atoms with Gasteiger partial charge in [0.2, 0.25) is 0 Å². The predicted octanol–water partition coefficient (Wildman–Crippen LogP) is -0.216. The number of hydrogen-bond acceptors (Lipinski definition) is 6. The monoisotopic (exact) mass is 237 g/mol. The summed E-state index contributed by atoms with van der Waals surface area (Å²) in [6, 6.07) is 3.12. The van der Waals surface area contributed by atoms with Crippen molar-refractivity contribution in [2.45, 2.75) is 0 Å². The Morgan fingerprint density at radius 2 is 2.12 bits per heavy atom. The number of nitrogens with zero attached hydrogens (tertiary/aromatic N) is 3. The molecule has 1 aromatic heterocycles. The number of aromatic nitrogens is 2. The first kappa shape index (κ1) is 11.3. The van der Waals surface area contributed by atoms with Gasteiger partial charge in [0.25, 0.3) is 0 Å². The second-order valence-electron chi connectivity index (χ2n) is 3.71. The Bertz CT molecular complexity index is 439. The van der Waals surface area contributed by atoms with Gasteiger partial charge in [-0.2, -0.15) is 0 Å². The average molecular weight is 237 g/mol. The van der Waals surface area contributed by atoms with E-state index in [1.165, 1.54) is 13.2 Å². The Labute approximate surface area is 97.0 Å². The number of rotatable bonds is 3. The highest BCUT2D eigenvalue weighted by Crippen LogP contribution is 2.22. The Kier molecular flexibility index (Phi) is 2.90. The number of ether oxygens (including phenoxy) is 1. The molecule has 0 aromatic carbocycles. The first-order valence-electron chi connectivity index (χ1n) is 5.01. The van der Waals surface area contributed by atoms with E-state index in [4.69, 9.17) is 5.11 Å². The third kappa shape index (κ3) is 2.17. The summed E-state index contributed by atoms with van der Waals surface area (Å²) in [6.07, 6.45) is 0. The smallest absolute Gasteiger partial charge is 0.358 e. The van der Waals surface area contributed by atoms with Crippen molar-refractivity contribution < 1.29 is 19.4 Å². The summed E-state index contributed by atoms with van der Waals surface area (Å²) in [6.45, 7) is 0.836. The zero-order valence-corrected chi connectivity index (χ0v) is 9.16. The number of carboxylic acids is 1. The van der Waals surface area contributed by atoms with Crippen molar-refractivity contribution >= 4 is 17.8 Å². The van der Waals surface area contributed by atoms with Crippen molar-refractivity contribution in [1.82, 2.24) is 10.2 Å². The van der Waals surface area contributed by atoms with Gasteiger partial charge in [-0.15, -0.1) is 10.2 Å². The van der Waals surface area contributed by atoms with E-state index in [-0.39, 0.29) is 11.6 Å². The standard InChI is InChI=1S/C10H11N3O4/c1-17-10(16)7-2-3-8(12-11-7)13-4-6(5-13)9(14)15/h2-3,6H,4-5H2,1H3,(H,14,15). The summed E-state index contributed by atoms with van der Waals surface area (Å²) in [4.78, 5) is 23.5. The van der Waals surface area contributed by atoms with Crippen molar-refractivity contribution in [3.8, 4) is 0 Å². The first-order chi connectivity index (χ1) is 8.11. The molecule has 7 nitrogen and oxygen atoms in total. The van der Waals surface area contributed by atoms with Crippen molar-refractivity contribution in [2.75, 3.05) is 25.1 Å². The highest BCUT2D eigenvalue weighted by Gasteiger charge is 2.33. The van der Waals surface area contributed by atoms with Crippen molar-refractivity contribution in [3.05, 3.63) is 17.8 Å². The lowest BCUT2D eigenvalue weighted by molar-refractivity contribution is -0.142. The molecule has 1 aromatic rings. The fourth-order valence-electron chi connectivity index (χ4n) is 1.53. The number of aliphatic carboxylic acids is 1. The molecule has 0 spiro atoms. The third-order valence-corrected chi connectivity index (χ3v) is 2.60. The number of carbonyl (C=O) groups excluding carboxylic acids is 1. The van der Waals surface area contributed by atoms with Crippen LogP contribution in [-0.4, -0.2) is 47.4 Å². The molecule has 1 N–H and O–H groups in total. The SMILES string of the molecule is COC(=O)c1ccc(N2CC(C(=O)O)C2)nn1. The quantitative estimate of drug-likeness (QED) is 0.726. The molecule has 1 fully saturated rings. The van der Waals surface area contributed by atoms with Crippen LogP contribution in [0.15, 0.2) is 12.1 Å². The highest BCUT2D eigenvalue weighted by atomic mass is 16.5. The van der Waals surface area contributed by atoms with Gasteiger partial charge in [-0.25, -0.2) is 4.79 Å². The van der Waals surface area contributed by atoms with Gasteiger partial charge in [0.05, 0.1) is 13.0 Å². The van der Waals surface area contributed by atoms with E-state index in [1.807, 2.05) is 0 Å². The van der Waals surface area contributed by atoms with Crippen molar-refractivity contribution in [3.63, 3.8) is 0 Å². The highest BCUT2D eigenvalue weighted by molar-refractivity contribution is 5.87. The molecule has 0 saturated carbocycles. The molecule has 90 valence electrons. The van der Waals surface area contributed by atoms with E-state index < -0.39 is 11.9 Å². The predicted molar refractivity (Wildman–Crippen MR) is 56.7 cm³/mol. The molecule has 0 aliphatic carbocycles. The van der Waals surface area contributed by atoms with Crippen LogP contribution in [-0.2, 0) is 9.53 Å². The molecule has 0 radical (unpaired) electrons. The van der Waals surface area contributed by atoms with Crippen LogP contribution in [0.3, 0.4) is 0 Å². The summed E-state index contributed by atoms with van der Waals surface area (Å²) in [5, 5.41) is 16.3. The average Bonchev–Trinajstić information content (AvgIpc) is 2.26. The minimum absolute atomic E-state index is 0.131. The molecule has 0 bridgehead atoms. The van der Waals surface area contributed by atoms with Crippen LogP contribution < -0.4 is 4.90 Å². The lowest BCUT2D eigenvalue weighted by Crippen LogP contribution is -2.50. The molecule has 0 unspecified atom stereocenters. The van der Waals surface area contributed by atoms with Gasteiger partial charge in [-0.05, 0) is 12.1 Å². The fourth-order valence-corrected chi connectivity index (χ4v) is 1.53. The topological polar surface area (TPSA) is 92.6 Å². The molecule has 2 rings (SSSR count). The lowest BCUT2D eigenvalue weighted by Gasteiger charge is -2.37. The fraction of sp³-hybridized carbons (Fsp3) is 0.400. The molecular weight excluding hydrogens is 226 g/mol. The van der Waals surface area contributed by atoms with Crippen LogP contribution >= 0.6 is 0 Å². The van der Waals surface area contributed by atoms with E-state index >= 15 is 0 Å². The normalized spacial score (nSPS) is 15.2. The number of carboxylic acid groups (broad SMARTS) is 1. The van der Waals surface area contributed by atoms with Crippen LogP contribution in [0.1, 0.15) is 10.5 Å². The number of esters is 1. The van der Waals surface area contributed by atoms with Crippen LogP contribution in [0.2, 0.25) is 0 Å². The summed E-state index contributed by atoms with van der Waals surface area (Å²) in [5.74, 6) is -1.14. The second-order valence-corrected chi connectivity index (χ2v) is 3.71. The van der Waals surface area contributed by atoms with E-state index in [0.29, 0.717) is 18.9 Å². The summed E-state index contributed by atoms with van der Waals surface area (Å²) in [7, 11) is 1.27. The van der Waals surface area contributed by atoms with Gasteiger partial charge < -0.3 is 14.7 Å². The van der Waals surface area contributed by atoms with Crippen LogP contribution in [0.25, 0.3) is 0 Å². The maximum absolute atomic E-state index is 11.1. The third-order valence-electron chi connectivity index (χ3n) is 2.60. The molecule has 17 heavy (non-hydrogen) atoms. The molecule has 7 heteroatoms. The molecular formula is C10H11N3O4. The number of hydrogen-bond donors (Lipinski definition) is 1. The number of methoxy groups -OCH3 is 1. The second kappa shape index (κ2) is 4.36. The van der Waals surface area contributed by atoms with Crippen LogP contribution in [0, 0.1) is 5.92 Å². The van der Waals surface area contributed by atoms with E-state index in [1.54, 1.807) is 11.0 Å². The Morgan fingerprint density at radius 1 is 1.41 bits per heavy atom. The number of anilines is 1. The van der Waals surface area contributed by atoms with E-state index in [2.05, 4.69) is 14.9 Å². The molecule has 1 aliphatic rings. The molecule has 0 amide bonds. The minimum atomic E-state index is -0.805. The maximum atomic E-state index is 11.1. The van der Waals surface area contributed by atoms with Gasteiger partial charge >= 0.3 is 11.9 Å². The van der Waals surface area contributed by atoms with E-state index in [0.717, 1.165) is 0 Å². The zero-order valence-electron chi connectivity index (χ0n) is 9.16. The summed E-state index contributed by atoms with van der Waals surface area (Å²) in [5.41, 5.74) is 0.131. The molecule has 2 heterocycles. The van der Waals surface area contributed by atoms with Gasteiger partial charge in [-0.3, -0.25) is 4.79 Å². The van der Waals surface area contributed by atoms with E-state index in [9.17, 15) is 9.59 Å². The number of carbonyl (C=O) groups is 2. The molecule has 1 saturated heterocycles. The van der Waals surface area contributed by atoms with Crippen LogP contribution in [0.5, 0.6) is 0 Å². The van der Waals surface area contributed by atoms with Gasteiger partial charge in [0.15, 0.2) is 11.5 Å². The Morgan fingerprint density at radius 3 is 2.59 bits per heavy atom. The minimum Gasteiger partial charge on any atom is -0.481 e. The van der Waals surface area contributed by atoms with Gasteiger partial charge in [0.1, 0.15) is 0 Å².